The molecule has 1 saturated carbocycles. The van der Waals surface area contributed by atoms with Gasteiger partial charge < -0.3 is 10.6 Å². The Morgan fingerprint density at radius 2 is 2.14 bits per heavy atom. The van der Waals surface area contributed by atoms with E-state index in [1.165, 1.54) is 11.3 Å². The van der Waals surface area contributed by atoms with Crippen molar-refractivity contribution in [2.75, 3.05) is 5.32 Å². The summed E-state index contributed by atoms with van der Waals surface area (Å²) in [5, 5.41) is 8.55. The fourth-order valence-corrected chi connectivity index (χ4v) is 4.42. The fourth-order valence-electron chi connectivity index (χ4n) is 2.03. The molecule has 2 heterocycles. The van der Waals surface area contributed by atoms with Crippen LogP contribution in [0, 0.1) is 12.8 Å². The predicted octanol–water partition coefficient (Wildman–Crippen LogP) is 4.16. The average Bonchev–Trinajstić information content (AvgIpc) is 3.16. The van der Waals surface area contributed by atoms with Crippen molar-refractivity contribution in [3.8, 4) is 0 Å². The number of hydrogen-bond acceptors (Lipinski definition) is 4. The minimum absolute atomic E-state index is 0.0663. The summed E-state index contributed by atoms with van der Waals surface area (Å²) in [7, 11) is 0. The molecule has 0 aromatic carbocycles. The molecular formula is C15H15BrN2O2S2. The smallest absolute Gasteiger partial charge is 0.261 e. The van der Waals surface area contributed by atoms with Crippen LogP contribution in [0.5, 0.6) is 0 Å². The lowest BCUT2D eigenvalue weighted by molar-refractivity contribution is -0.117. The van der Waals surface area contributed by atoms with Gasteiger partial charge in [-0.1, -0.05) is 0 Å². The first-order valence-corrected chi connectivity index (χ1v) is 9.44. The maximum Gasteiger partial charge on any atom is 0.261 e. The molecule has 0 aliphatic heterocycles. The second kappa shape index (κ2) is 6.52. The number of aryl methyl sites for hydroxylation is 1. The lowest BCUT2D eigenvalue weighted by Gasteiger charge is -2.02. The van der Waals surface area contributed by atoms with Crippen LogP contribution in [0.1, 0.15) is 33.0 Å². The zero-order valence-corrected chi connectivity index (χ0v) is 15.2. The zero-order chi connectivity index (χ0) is 15.7. The summed E-state index contributed by atoms with van der Waals surface area (Å²) >= 11 is 6.33. The molecule has 0 unspecified atom stereocenters. The van der Waals surface area contributed by atoms with Crippen LogP contribution in [0.3, 0.4) is 0 Å². The highest BCUT2D eigenvalue weighted by Crippen LogP contribution is 2.32. The number of carbonyl (C=O) groups excluding carboxylic acids is 2. The van der Waals surface area contributed by atoms with Crippen LogP contribution in [-0.4, -0.2) is 11.8 Å². The maximum atomic E-state index is 12.3. The quantitative estimate of drug-likeness (QED) is 0.793. The van der Waals surface area contributed by atoms with Crippen LogP contribution in [0.15, 0.2) is 22.0 Å². The highest BCUT2D eigenvalue weighted by atomic mass is 79.9. The van der Waals surface area contributed by atoms with Crippen LogP contribution in [0.4, 0.5) is 5.00 Å². The van der Waals surface area contributed by atoms with Gasteiger partial charge in [0.2, 0.25) is 5.91 Å². The maximum absolute atomic E-state index is 12.3. The summed E-state index contributed by atoms with van der Waals surface area (Å²) in [6.07, 6.45) is 1.94. The lowest BCUT2D eigenvalue weighted by atomic mass is 10.2. The number of nitrogens with one attached hydrogen (secondary N) is 2. The molecule has 0 atom stereocenters. The fraction of sp³-hybridized carbons (Fsp3) is 0.333. The summed E-state index contributed by atoms with van der Waals surface area (Å²) in [6.45, 7) is 2.40. The number of anilines is 1. The summed E-state index contributed by atoms with van der Waals surface area (Å²) in [6, 6.07) is 3.86. The standard InChI is InChI=1S/C15H15BrN2O2S2/c1-8-4-12(18-14(19)9-2-3-9)22-13(8)15(20)17-6-11-5-10(16)7-21-11/h4-5,7,9H,2-3,6H2,1H3,(H,17,20)(H,18,19). The second-order valence-corrected chi connectivity index (χ2v) is 8.26. The number of amides is 2. The number of halogens is 1. The Hall–Kier alpha value is -1.18. The SMILES string of the molecule is Cc1cc(NC(=O)C2CC2)sc1C(=O)NCc1cc(Br)cs1. The summed E-state index contributed by atoms with van der Waals surface area (Å²) in [5.41, 5.74) is 0.890. The first-order chi connectivity index (χ1) is 10.5. The van der Waals surface area contributed by atoms with Gasteiger partial charge in [0.15, 0.2) is 0 Å². The van der Waals surface area contributed by atoms with Crippen LogP contribution >= 0.6 is 38.6 Å². The van der Waals surface area contributed by atoms with E-state index in [4.69, 9.17) is 0 Å². The molecular weight excluding hydrogens is 384 g/mol. The molecule has 2 N–H and O–H groups in total. The Bertz CT molecular complexity index is 719. The van der Waals surface area contributed by atoms with Crippen molar-refractivity contribution >= 4 is 55.4 Å². The summed E-state index contributed by atoms with van der Waals surface area (Å²) < 4.78 is 1.03. The molecule has 0 radical (unpaired) electrons. The number of thiophene rings is 2. The van der Waals surface area contributed by atoms with Crippen molar-refractivity contribution < 1.29 is 9.59 Å². The van der Waals surface area contributed by atoms with Crippen molar-refractivity contribution in [2.45, 2.75) is 26.3 Å². The largest absolute Gasteiger partial charge is 0.346 e. The van der Waals surface area contributed by atoms with Crippen LogP contribution < -0.4 is 10.6 Å². The van der Waals surface area contributed by atoms with Crippen LogP contribution in [0.2, 0.25) is 0 Å². The number of carbonyl (C=O) groups is 2. The van der Waals surface area contributed by atoms with E-state index in [0.29, 0.717) is 11.4 Å². The van der Waals surface area contributed by atoms with Crippen molar-refractivity contribution in [1.29, 1.82) is 0 Å². The van der Waals surface area contributed by atoms with Crippen molar-refractivity contribution in [2.24, 2.45) is 5.92 Å². The Labute approximate surface area is 145 Å². The summed E-state index contributed by atoms with van der Waals surface area (Å²) in [5.74, 6) is 0.132. The molecule has 116 valence electrons. The molecule has 2 aromatic rings. The van der Waals surface area contributed by atoms with Crippen LogP contribution in [-0.2, 0) is 11.3 Å². The third kappa shape index (κ3) is 3.77. The molecule has 3 rings (SSSR count). The minimum Gasteiger partial charge on any atom is -0.346 e. The van der Waals surface area contributed by atoms with Gasteiger partial charge in [-0.2, -0.15) is 0 Å². The van der Waals surface area contributed by atoms with E-state index in [9.17, 15) is 9.59 Å². The Balaban J connectivity index is 1.61. The monoisotopic (exact) mass is 398 g/mol. The van der Waals surface area contributed by atoms with E-state index >= 15 is 0 Å². The van der Waals surface area contributed by atoms with E-state index in [-0.39, 0.29) is 17.7 Å². The van der Waals surface area contributed by atoms with Gasteiger partial charge in [-0.05, 0) is 53.4 Å². The van der Waals surface area contributed by atoms with Gasteiger partial charge in [0.25, 0.3) is 5.91 Å². The Morgan fingerprint density at radius 3 is 2.77 bits per heavy atom. The van der Waals surface area contributed by atoms with Crippen molar-refractivity contribution in [3.63, 3.8) is 0 Å². The molecule has 1 aliphatic carbocycles. The van der Waals surface area contributed by atoms with Crippen molar-refractivity contribution in [3.05, 3.63) is 37.3 Å². The van der Waals surface area contributed by atoms with Crippen LogP contribution in [0.25, 0.3) is 0 Å². The molecule has 0 bridgehead atoms. The summed E-state index contributed by atoms with van der Waals surface area (Å²) in [4.78, 5) is 25.8. The third-order valence-electron chi connectivity index (χ3n) is 3.36. The van der Waals surface area contributed by atoms with Gasteiger partial charge in [0.05, 0.1) is 16.4 Å². The van der Waals surface area contributed by atoms with E-state index in [2.05, 4.69) is 26.6 Å². The Morgan fingerprint density at radius 1 is 1.36 bits per heavy atom. The van der Waals surface area contributed by atoms with E-state index < -0.39 is 0 Å². The van der Waals surface area contributed by atoms with E-state index in [0.717, 1.165) is 32.8 Å². The first kappa shape index (κ1) is 15.7. The van der Waals surface area contributed by atoms with Gasteiger partial charge in [0.1, 0.15) is 0 Å². The molecule has 1 aliphatic rings. The van der Waals surface area contributed by atoms with Gasteiger partial charge in [-0.15, -0.1) is 22.7 Å². The highest BCUT2D eigenvalue weighted by Gasteiger charge is 2.30. The average molecular weight is 399 g/mol. The molecule has 0 spiro atoms. The Kier molecular flexibility index (Phi) is 4.65. The van der Waals surface area contributed by atoms with Gasteiger partial charge in [-0.3, -0.25) is 9.59 Å². The predicted molar refractivity (Wildman–Crippen MR) is 93.6 cm³/mol. The molecule has 22 heavy (non-hydrogen) atoms. The number of rotatable bonds is 5. The van der Waals surface area contributed by atoms with E-state index in [1.807, 2.05) is 24.4 Å². The molecule has 1 fully saturated rings. The molecule has 2 amide bonds. The molecule has 4 nitrogen and oxygen atoms in total. The van der Waals surface area contributed by atoms with Gasteiger partial charge in [-0.25, -0.2) is 0 Å². The number of hydrogen-bond donors (Lipinski definition) is 2. The zero-order valence-electron chi connectivity index (χ0n) is 11.9. The molecule has 0 saturated heterocycles. The second-order valence-electron chi connectivity index (χ2n) is 5.30. The highest BCUT2D eigenvalue weighted by molar-refractivity contribution is 9.10. The third-order valence-corrected chi connectivity index (χ3v) is 6.21. The molecule has 2 aromatic heterocycles. The first-order valence-electron chi connectivity index (χ1n) is 6.95. The van der Waals surface area contributed by atoms with E-state index in [1.54, 1.807) is 11.3 Å². The lowest BCUT2D eigenvalue weighted by Crippen LogP contribution is -2.21. The van der Waals surface area contributed by atoms with Crippen molar-refractivity contribution in [1.82, 2.24) is 5.32 Å². The van der Waals surface area contributed by atoms with Gasteiger partial charge in [0, 0.05) is 20.6 Å². The molecule has 7 heteroatoms. The normalized spacial score (nSPS) is 13.9. The van der Waals surface area contributed by atoms with Gasteiger partial charge >= 0.3 is 0 Å². The topological polar surface area (TPSA) is 58.2 Å². The minimum atomic E-state index is -0.0982.